The Bertz CT molecular complexity index is 1220. The molecule has 0 aliphatic carbocycles. The first-order chi connectivity index (χ1) is 15.1. The van der Waals surface area contributed by atoms with Crippen molar-refractivity contribution in [3.05, 3.63) is 71.3 Å². The Kier molecular flexibility index (Phi) is 6.88. The highest BCUT2D eigenvalue weighted by atomic mass is 32.2. The zero-order valence-corrected chi connectivity index (χ0v) is 19.0. The van der Waals surface area contributed by atoms with Gasteiger partial charge in [-0.1, -0.05) is 24.3 Å². The smallest absolute Gasteiger partial charge is 0.322 e. The second-order valence-electron chi connectivity index (χ2n) is 7.55. The molecule has 0 saturated carbocycles. The molecule has 0 aliphatic heterocycles. The summed E-state index contributed by atoms with van der Waals surface area (Å²) in [7, 11) is -3.36. The zero-order valence-electron chi connectivity index (χ0n) is 18.2. The third-order valence-corrected chi connectivity index (χ3v) is 6.96. The summed E-state index contributed by atoms with van der Waals surface area (Å²) in [5.74, 6) is -0.830. The molecular weight excluding hydrogens is 433 g/mol. The molecule has 0 unspecified atom stereocenters. The molecule has 3 rings (SSSR count). The van der Waals surface area contributed by atoms with E-state index in [9.17, 15) is 17.6 Å². The molecule has 0 spiro atoms. The van der Waals surface area contributed by atoms with Crippen LogP contribution in [0.5, 0.6) is 11.8 Å². The molecule has 9 heteroatoms. The van der Waals surface area contributed by atoms with Crippen molar-refractivity contribution in [3.63, 3.8) is 0 Å². The van der Waals surface area contributed by atoms with Gasteiger partial charge in [0.15, 0.2) is 21.4 Å². The van der Waals surface area contributed by atoms with Crippen LogP contribution < -0.4 is 10.1 Å². The molecule has 168 valence electrons. The standard InChI is InChI=1S/C23H24FN3O4S/c1-14(2)32(29,30)18-11-9-17(10-12-18)13-21(28)27-22-15(3)25-23(26-16(22)4)31-20-8-6-5-7-19(20)24/h5-12,14H,13H2,1-4H3,(H,27,28). The summed E-state index contributed by atoms with van der Waals surface area (Å²) in [5.41, 5.74) is 2.04. The second-order valence-corrected chi connectivity index (χ2v) is 10.1. The zero-order chi connectivity index (χ0) is 23.5. The number of hydrogen-bond donors (Lipinski definition) is 1. The van der Waals surface area contributed by atoms with E-state index in [0.717, 1.165) is 0 Å². The van der Waals surface area contributed by atoms with E-state index in [0.29, 0.717) is 22.6 Å². The minimum Gasteiger partial charge on any atom is -0.421 e. The average Bonchev–Trinajstić information content (AvgIpc) is 2.73. The number of amides is 1. The number of rotatable bonds is 7. The lowest BCUT2D eigenvalue weighted by atomic mass is 10.1. The van der Waals surface area contributed by atoms with Gasteiger partial charge in [0.1, 0.15) is 0 Å². The van der Waals surface area contributed by atoms with Crippen LogP contribution in [0.25, 0.3) is 0 Å². The number of para-hydroxylation sites is 1. The quantitative estimate of drug-likeness (QED) is 0.565. The van der Waals surface area contributed by atoms with Crippen molar-refractivity contribution in [2.45, 2.75) is 44.3 Å². The molecule has 2 aromatic carbocycles. The summed E-state index contributed by atoms with van der Waals surface area (Å²) in [6, 6.07) is 12.2. The summed E-state index contributed by atoms with van der Waals surface area (Å²) in [4.78, 5) is 21.2. The molecule has 0 saturated heterocycles. The minimum atomic E-state index is -3.36. The number of ether oxygens (including phenoxy) is 1. The van der Waals surface area contributed by atoms with Crippen molar-refractivity contribution >= 4 is 21.4 Å². The molecule has 7 nitrogen and oxygen atoms in total. The number of nitrogens with zero attached hydrogens (tertiary/aromatic N) is 2. The highest BCUT2D eigenvalue weighted by Gasteiger charge is 2.19. The van der Waals surface area contributed by atoms with Gasteiger partial charge in [-0.05, 0) is 57.5 Å². The van der Waals surface area contributed by atoms with Gasteiger partial charge in [-0.3, -0.25) is 4.79 Å². The van der Waals surface area contributed by atoms with Gasteiger partial charge in [0, 0.05) is 0 Å². The van der Waals surface area contributed by atoms with Gasteiger partial charge in [-0.2, -0.15) is 9.97 Å². The van der Waals surface area contributed by atoms with Gasteiger partial charge < -0.3 is 10.1 Å². The monoisotopic (exact) mass is 457 g/mol. The second kappa shape index (κ2) is 9.44. The lowest BCUT2D eigenvalue weighted by Gasteiger charge is -2.13. The van der Waals surface area contributed by atoms with Crippen LogP contribution in [0, 0.1) is 19.7 Å². The highest BCUT2D eigenvalue weighted by Crippen LogP contribution is 2.25. The average molecular weight is 458 g/mol. The lowest BCUT2D eigenvalue weighted by molar-refractivity contribution is -0.115. The molecule has 0 bridgehead atoms. The molecule has 0 fully saturated rings. The molecule has 0 atom stereocenters. The van der Waals surface area contributed by atoms with Crippen molar-refractivity contribution in [1.82, 2.24) is 9.97 Å². The molecule has 1 amide bonds. The Hall–Kier alpha value is -3.33. The van der Waals surface area contributed by atoms with Crippen LogP contribution in [0.15, 0.2) is 53.4 Å². The van der Waals surface area contributed by atoms with Crippen molar-refractivity contribution in [1.29, 1.82) is 0 Å². The van der Waals surface area contributed by atoms with Gasteiger partial charge in [0.2, 0.25) is 5.91 Å². The largest absolute Gasteiger partial charge is 0.421 e. The van der Waals surface area contributed by atoms with E-state index >= 15 is 0 Å². The van der Waals surface area contributed by atoms with Crippen LogP contribution in [-0.2, 0) is 21.1 Å². The third kappa shape index (κ3) is 5.28. The number of carbonyl (C=O) groups is 1. The van der Waals surface area contributed by atoms with Crippen molar-refractivity contribution in [2.24, 2.45) is 0 Å². The molecule has 1 N–H and O–H groups in total. The van der Waals surface area contributed by atoms with Crippen LogP contribution >= 0.6 is 0 Å². The van der Waals surface area contributed by atoms with E-state index < -0.39 is 20.9 Å². The van der Waals surface area contributed by atoms with Crippen LogP contribution in [0.4, 0.5) is 10.1 Å². The Morgan fingerprint density at radius 2 is 1.62 bits per heavy atom. The Labute approximate surface area is 186 Å². The minimum absolute atomic E-state index is 0.00557. The molecule has 0 aliphatic rings. The molecular formula is C23H24FN3O4S. The number of aryl methyl sites for hydroxylation is 2. The number of benzene rings is 2. The van der Waals surface area contributed by atoms with E-state index in [2.05, 4.69) is 15.3 Å². The SMILES string of the molecule is Cc1nc(Oc2ccccc2F)nc(C)c1NC(=O)Cc1ccc(S(=O)(=O)C(C)C)cc1. The first-order valence-corrected chi connectivity index (χ1v) is 11.5. The number of halogens is 1. The summed E-state index contributed by atoms with van der Waals surface area (Å²) in [6.07, 6.45) is 0.0500. The van der Waals surface area contributed by atoms with Crippen LogP contribution in [-0.4, -0.2) is 29.5 Å². The molecule has 1 heterocycles. The topological polar surface area (TPSA) is 98.2 Å². The van der Waals surface area contributed by atoms with Crippen LogP contribution in [0.1, 0.15) is 30.8 Å². The number of hydrogen-bond acceptors (Lipinski definition) is 6. The van der Waals surface area contributed by atoms with E-state index in [1.807, 2.05) is 0 Å². The summed E-state index contributed by atoms with van der Waals surface area (Å²) in [6.45, 7) is 6.61. The molecule has 32 heavy (non-hydrogen) atoms. The van der Waals surface area contributed by atoms with Gasteiger partial charge in [0.25, 0.3) is 0 Å². The fourth-order valence-corrected chi connectivity index (χ4v) is 4.04. The number of aromatic nitrogens is 2. The first-order valence-electron chi connectivity index (χ1n) is 9.98. The Morgan fingerprint density at radius 1 is 1.03 bits per heavy atom. The van der Waals surface area contributed by atoms with Crippen molar-refractivity contribution in [3.8, 4) is 11.8 Å². The van der Waals surface area contributed by atoms with E-state index in [-0.39, 0.29) is 29.0 Å². The molecule has 1 aromatic heterocycles. The predicted octanol–water partition coefficient (Wildman–Crippen LogP) is 4.39. The number of sulfone groups is 1. The maximum Gasteiger partial charge on any atom is 0.322 e. The predicted molar refractivity (Wildman–Crippen MR) is 119 cm³/mol. The Morgan fingerprint density at radius 3 is 2.19 bits per heavy atom. The third-order valence-electron chi connectivity index (χ3n) is 4.79. The fourth-order valence-electron chi connectivity index (χ4n) is 2.98. The maximum atomic E-state index is 13.8. The number of anilines is 1. The number of nitrogens with one attached hydrogen (secondary N) is 1. The normalized spacial score (nSPS) is 11.4. The van der Waals surface area contributed by atoms with E-state index in [1.165, 1.54) is 24.3 Å². The maximum absolute atomic E-state index is 13.8. The van der Waals surface area contributed by atoms with Crippen LogP contribution in [0.2, 0.25) is 0 Å². The molecule has 3 aromatic rings. The van der Waals surface area contributed by atoms with E-state index in [4.69, 9.17) is 4.74 Å². The molecule has 0 radical (unpaired) electrons. The Balaban J connectivity index is 1.70. The van der Waals surface area contributed by atoms with Crippen molar-refractivity contribution in [2.75, 3.05) is 5.32 Å². The van der Waals surface area contributed by atoms with Crippen LogP contribution in [0.3, 0.4) is 0 Å². The van der Waals surface area contributed by atoms with Gasteiger partial charge in [0.05, 0.1) is 33.6 Å². The fraction of sp³-hybridized carbons (Fsp3) is 0.261. The highest BCUT2D eigenvalue weighted by molar-refractivity contribution is 7.92. The summed E-state index contributed by atoms with van der Waals surface area (Å²) < 4.78 is 43.7. The lowest BCUT2D eigenvalue weighted by Crippen LogP contribution is -2.17. The van der Waals surface area contributed by atoms with Crippen molar-refractivity contribution < 1.29 is 22.3 Å². The summed E-state index contributed by atoms with van der Waals surface area (Å²) in [5, 5.41) is 2.26. The summed E-state index contributed by atoms with van der Waals surface area (Å²) >= 11 is 0. The van der Waals surface area contributed by atoms with Gasteiger partial charge in [-0.25, -0.2) is 12.8 Å². The first kappa shape index (κ1) is 23.3. The van der Waals surface area contributed by atoms with Gasteiger partial charge >= 0.3 is 6.01 Å². The van der Waals surface area contributed by atoms with Gasteiger partial charge in [-0.15, -0.1) is 0 Å². The number of carbonyl (C=O) groups excluding carboxylic acids is 1. The van der Waals surface area contributed by atoms with E-state index in [1.54, 1.807) is 52.0 Å².